The molecule has 0 spiro atoms. The summed E-state index contributed by atoms with van der Waals surface area (Å²) in [5.41, 5.74) is 1.25. The summed E-state index contributed by atoms with van der Waals surface area (Å²) in [4.78, 5) is 42.7. The van der Waals surface area contributed by atoms with Gasteiger partial charge in [-0.05, 0) is 23.3 Å². The molecule has 0 bridgehead atoms. The highest BCUT2D eigenvalue weighted by Crippen LogP contribution is 2.06. The van der Waals surface area contributed by atoms with Crippen molar-refractivity contribution in [1.82, 2.24) is 19.4 Å². The molecule has 30 heavy (non-hydrogen) atoms. The average Bonchev–Trinajstić information content (AvgIpc) is 2.79. The number of pyridine rings is 1. The molecular formula is C23H20N4O3. The molecule has 0 unspecified atom stereocenters. The van der Waals surface area contributed by atoms with Gasteiger partial charge in [0.25, 0.3) is 5.56 Å². The van der Waals surface area contributed by atoms with E-state index in [1.54, 1.807) is 12.1 Å². The number of amides is 1. The topological polar surface area (TPSA) is 86.0 Å². The van der Waals surface area contributed by atoms with E-state index < -0.39 is 11.2 Å². The Labute approximate surface area is 172 Å². The molecule has 0 saturated carbocycles. The summed E-state index contributed by atoms with van der Waals surface area (Å²) in [6.07, 6.45) is 1.50. The highest BCUT2D eigenvalue weighted by Gasteiger charge is 2.16. The Morgan fingerprint density at radius 3 is 2.20 bits per heavy atom. The number of carbonyl (C=O) groups is 1. The number of benzene rings is 2. The molecule has 4 rings (SSSR count). The van der Waals surface area contributed by atoms with Crippen molar-refractivity contribution in [1.29, 1.82) is 0 Å². The number of nitrogens with zero attached hydrogens (tertiary/aromatic N) is 3. The zero-order valence-corrected chi connectivity index (χ0v) is 16.2. The maximum Gasteiger partial charge on any atom is 0.332 e. The van der Waals surface area contributed by atoms with Gasteiger partial charge in [-0.15, -0.1) is 0 Å². The molecule has 150 valence electrons. The minimum atomic E-state index is -0.542. The fourth-order valence-electron chi connectivity index (χ4n) is 3.30. The van der Waals surface area contributed by atoms with Gasteiger partial charge in [-0.1, -0.05) is 60.7 Å². The number of carbonyl (C=O) groups excluding carboxylic acids is 1. The molecular weight excluding hydrogens is 380 g/mol. The largest absolute Gasteiger partial charge is 0.350 e. The van der Waals surface area contributed by atoms with Crippen LogP contribution in [0.1, 0.15) is 11.1 Å². The summed E-state index contributed by atoms with van der Waals surface area (Å²) in [6.45, 7) is 0.258. The number of hydrogen-bond acceptors (Lipinski definition) is 4. The van der Waals surface area contributed by atoms with Gasteiger partial charge in [0.1, 0.15) is 6.54 Å². The van der Waals surface area contributed by atoms with Gasteiger partial charge in [0.05, 0.1) is 12.1 Å². The molecule has 7 nitrogen and oxygen atoms in total. The molecule has 1 amide bonds. The molecule has 2 heterocycles. The Balaban J connectivity index is 1.69. The smallest absolute Gasteiger partial charge is 0.332 e. The first-order valence-corrected chi connectivity index (χ1v) is 9.56. The van der Waals surface area contributed by atoms with Crippen molar-refractivity contribution in [3.8, 4) is 0 Å². The molecule has 0 aliphatic rings. The van der Waals surface area contributed by atoms with E-state index in [0.717, 1.165) is 15.7 Å². The van der Waals surface area contributed by atoms with Crippen LogP contribution in [0.2, 0.25) is 0 Å². The second-order valence-corrected chi connectivity index (χ2v) is 6.88. The van der Waals surface area contributed by atoms with Crippen molar-refractivity contribution in [2.75, 3.05) is 0 Å². The standard InChI is InChI=1S/C23H20N4O3/c28-20(25-14-17-8-3-1-4-9-17)16-26-19-12-7-13-24-21(19)22(29)27(23(26)30)15-18-10-5-2-6-11-18/h1-13H,14-16H2,(H,25,28). The van der Waals surface area contributed by atoms with Crippen LogP contribution in [-0.2, 0) is 24.4 Å². The van der Waals surface area contributed by atoms with Crippen LogP contribution < -0.4 is 16.6 Å². The van der Waals surface area contributed by atoms with E-state index in [-0.39, 0.29) is 24.5 Å². The lowest BCUT2D eigenvalue weighted by molar-refractivity contribution is -0.121. The summed E-state index contributed by atoms with van der Waals surface area (Å²) in [6, 6.07) is 22.0. The number of fused-ring (bicyclic) bond motifs is 1. The fourth-order valence-corrected chi connectivity index (χ4v) is 3.30. The third-order valence-electron chi connectivity index (χ3n) is 4.80. The summed E-state index contributed by atoms with van der Waals surface area (Å²) in [7, 11) is 0. The van der Waals surface area contributed by atoms with Crippen molar-refractivity contribution in [3.05, 3.63) is 111 Å². The molecule has 0 aliphatic heterocycles. The lowest BCUT2D eigenvalue weighted by Crippen LogP contribution is -2.43. The Bertz CT molecular complexity index is 1300. The number of nitrogens with one attached hydrogen (secondary N) is 1. The third kappa shape index (κ3) is 4.05. The zero-order valence-electron chi connectivity index (χ0n) is 16.2. The quantitative estimate of drug-likeness (QED) is 0.536. The number of hydrogen-bond donors (Lipinski definition) is 1. The Morgan fingerprint density at radius 2 is 1.50 bits per heavy atom. The first kappa shape index (κ1) is 19.3. The molecule has 0 radical (unpaired) electrons. The van der Waals surface area contributed by atoms with Crippen LogP contribution in [0.4, 0.5) is 0 Å². The van der Waals surface area contributed by atoms with Crippen LogP contribution in [0.25, 0.3) is 11.0 Å². The van der Waals surface area contributed by atoms with Gasteiger partial charge in [-0.3, -0.25) is 18.7 Å². The van der Waals surface area contributed by atoms with Crippen LogP contribution in [0.15, 0.2) is 88.6 Å². The summed E-state index contributed by atoms with van der Waals surface area (Å²) < 4.78 is 2.42. The van der Waals surface area contributed by atoms with Gasteiger partial charge < -0.3 is 5.32 Å². The van der Waals surface area contributed by atoms with Gasteiger partial charge in [-0.25, -0.2) is 9.78 Å². The molecule has 0 saturated heterocycles. The Hall–Kier alpha value is -4.00. The summed E-state index contributed by atoms with van der Waals surface area (Å²) in [5, 5.41) is 2.82. The highest BCUT2D eigenvalue weighted by molar-refractivity contribution is 5.79. The molecule has 0 atom stereocenters. The van der Waals surface area contributed by atoms with Gasteiger partial charge >= 0.3 is 5.69 Å². The van der Waals surface area contributed by atoms with E-state index in [0.29, 0.717) is 12.1 Å². The average molecular weight is 400 g/mol. The molecule has 2 aromatic heterocycles. The Morgan fingerprint density at radius 1 is 0.833 bits per heavy atom. The summed E-state index contributed by atoms with van der Waals surface area (Å²) in [5.74, 6) is -0.323. The Kier molecular flexibility index (Phi) is 5.52. The molecule has 0 aliphatic carbocycles. The molecule has 0 fully saturated rings. The normalized spacial score (nSPS) is 10.8. The van der Waals surface area contributed by atoms with Crippen LogP contribution in [0.3, 0.4) is 0 Å². The number of rotatable bonds is 6. The fraction of sp³-hybridized carbons (Fsp3) is 0.130. The van der Waals surface area contributed by atoms with Crippen molar-refractivity contribution >= 4 is 16.9 Å². The third-order valence-corrected chi connectivity index (χ3v) is 4.80. The van der Waals surface area contributed by atoms with Crippen molar-refractivity contribution in [3.63, 3.8) is 0 Å². The van der Waals surface area contributed by atoms with Crippen molar-refractivity contribution in [2.45, 2.75) is 19.6 Å². The summed E-state index contributed by atoms with van der Waals surface area (Å²) >= 11 is 0. The minimum Gasteiger partial charge on any atom is -0.350 e. The van der Waals surface area contributed by atoms with Crippen LogP contribution >= 0.6 is 0 Å². The zero-order chi connectivity index (χ0) is 20.9. The predicted molar refractivity (Wildman–Crippen MR) is 114 cm³/mol. The lowest BCUT2D eigenvalue weighted by Gasteiger charge is -2.14. The maximum absolute atomic E-state index is 13.1. The molecule has 2 aromatic carbocycles. The van der Waals surface area contributed by atoms with Crippen molar-refractivity contribution < 1.29 is 4.79 Å². The molecule has 1 N–H and O–H groups in total. The van der Waals surface area contributed by atoms with E-state index in [4.69, 9.17) is 0 Å². The van der Waals surface area contributed by atoms with Crippen LogP contribution in [0.5, 0.6) is 0 Å². The van der Waals surface area contributed by atoms with Gasteiger partial charge in [-0.2, -0.15) is 0 Å². The maximum atomic E-state index is 13.1. The molecule has 7 heteroatoms. The predicted octanol–water partition coefficient (Wildman–Crippen LogP) is 1.92. The first-order chi connectivity index (χ1) is 14.6. The van der Waals surface area contributed by atoms with Crippen molar-refractivity contribution in [2.24, 2.45) is 0 Å². The van der Waals surface area contributed by atoms with Crippen LogP contribution in [0, 0.1) is 0 Å². The monoisotopic (exact) mass is 400 g/mol. The van der Waals surface area contributed by atoms with Gasteiger partial charge in [0, 0.05) is 12.7 Å². The molecule has 4 aromatic rings. The second kappa shape index (κ2) is 8.57. The first-order valence-electron chi connectivity index (χ1n) is 9.56. The lowest BCUT2D eigenvalue weighted by atomic mass is 10.2. The van der Waals surface area contributed by atoms with E-state index in [9.17, 15) is 14.4 Å². The van der Waals surface area contributed by atoms with E-state index >= 15 is 0 Å². The van der Waals surface area contributed by atoms with Gasteiger partial charge in [0.15, 0.2) is 5.52 Å². The van der Waals surface area contributed by atoms with Crippen LogP contribution in [-0.4, -0.2) is 20.0 Å². The van der Waals surface area contributed by atoms with E-state index in [1.165, 1.54) is 10.8 Å². The van der Waals surface area contributed by atoms with E-state index in [2.05, 4.69) is 10.3 Å². The number of aromatic nitrogens is 3. The van der Waals surface area contributed by atoms with Gasteiger partial charge in [0.2, 0.25) is 5.91 Å². The highest BCUT2D eigenvalue weighted by atomic mass is 16.2. The van der Waals surface area contributed by atoms with E-state index in [1.807, 2.05) is 60.7 Å². The second-order valence-electron chi connectivity index (χ2n) is 6.88. The minimum absolute atomic E-state index is 0.108. The SMILES string of the molecule is O=C(Cn1c(=O)n(Cc2ccccc2)c(=O)c2ncccc21)NCc1ccccc1.